The molecule has 8 heteroatoms. The Bertz CT molecular complexity index is 949. The summed E-state index contributed by atoms with van der Waals surface area (Å²) in [5, 5.41) is 3.42. The maximum atomic E-state index is 12.5. The lowest BCUT2D eigenvalue weighted by atomic mass is 10.3. The summed E-state index contributed by atoms with van der Waals surface area (Å²) in [6, 6.07) is 7.06. The highest BCUT2D eigenvalue weighted by atomic mass is 35.5. The zero-order valence-corrected chi connectivity index (χ0v) is 16.5. The third kappa shape index (κ3) is 4.23. The molecule has 0 fully saturated rings. The molecule has 0 aliphatic rings. The molecule has 26 heavy (non-hydrogen) atoms. The SMILES string of the molecule is CCN(CC)CCCNC(=O)c1cc2c(=O)n3ccccc3nc2s1.Cl. The molecule has 0 aliphatic carbocycles. The minimum absolute atomic E-state index is 0. The Labute approximate surface area is 162 Å². The van der Waals surface area contributed by atoms with Gasteiger partial charge in [0.15, 0.2) is 0 Å². The molecule has 0 saturated heterocycles. The molecular weight excluding hydrogens is 372 g/mol. The Balaban J connectivity index is 0.00000243. The molecule has 3 heterocycles. The van der Waals surface area contributed by atoms with Crippen molar-refractivity contribution in [1.29, 1.82) is 0 Å². The number of fused-ring (bicyclic) bond motifs is 2. The number of nitrogens with one attached hydrogen (secondary N) is 1. The number of thiophene rings is 1. The van der Waals surface area contributed by atoms with E-state index in [9.17, 15) is 9.59 Å². The lowest BCUT2D eigenvalue weighted by molar-refractivity contribution is 0.0956. The van der Waals surface area contributed by atoms with E-state index < -0.39 is 0 Å². The fourth-order valence-electron chi connectivity index (χ4n) is 2.79. The van der Waals surface area contributed by atoms with Crippen LogP contribution >= 0.6 is 23.7 Å². The Hall–Kier alpha value is -1.96. The standard InChI is InChI=1S/C18H22N4O2S.ClH/c1-3-21(4-2)10-7-9-19-16(23)14-12-13-17(25-14)20-15-8-5-6-11-22(15)18(13)24;/h5-6,8,11-12H,3-4,7,9-10H2,1-2H3,(H,19,23);1H. The summed E-state index contributed by atoms with van der Waals surface area (Å²) in [7, 11) is 0. The van der Waals surface area contributed by atoms with Gasteiger partial charge in [-0.1, -0.05) is 19.9 Å². The molecule has 0 spiro atoms. The van der Waals surface area contributed by atoms with Crippen LogP contribution in [0.25, 0.3) is 15.9 Å². The van der Waals surface area contributed by atoms with Crippen LogP contribution < -0.4 is 10.9 Å². The van der Waals surface area contributed by atoms with Crippen LogP contribution in [0.1, 0.15) is 29.9 Å². The summed E-state index contributed by atoms with van der Waals surface area (Å²) in [4.78, 5) is 32.8. The molecule has 0 radical (unpaired) electrons. The highest BCUT2D eigenvalue weighted by Gasteiger charge is 2.14. The number of nitrogens with zero attached hydrogens (tertiary/aromatic N) is 3. The lowest BCUT2D eigenvalue weighted by Crippen LogP contribution is -2.29. The van der Waals surface area contributed by atoms with E-state index in [0.717, 1.165) is 26.1 Å². The fourth-order valence-corrected chi connectivity index (χ4v) is 3.74. The molecular formula is C18H23ClN4O2S. The Morgan fingerprint density at radius 3 is 2.81 bits per heavy atom. The van der Waals surface area contributed by atoms with Gasteiger partial charge >= 0.3 is 0 Å². The van der Waals surface area contributed by atoms with Gasteiger partial charge in [0.1, 0.15) is 10.5 Å². The minimum Gasteiger partial charge on any atom is -0.351 e. The van der Waals surface area contributed by atoms with Gasteiger partial charge in [-0.25, -0.2) is 4.98 Å². The average molecular weight is 395 g/mol. The number of amides is 1. The summed E-state index contributed by atoms with van der Waals surface area (Å²) in [6.07, 6.45) is 2.60. The van der Waals surface area contributed by atoms with Crippen molar-refractivity contribution < 1.29 is 4.79 Å². The molecule has 3 rings (SSSR count). The first kappa shape index (κ1) is 20.4. The number of pyridine rings is 1. The van der Waals surface area contributed by atoms with Crippen LogP contribution in [-0.2, 0) is 0 Å². The van der Waals surface area contributed by atoms with E-state index in [2.05, 4.69) is 29.0 Å². The highest BCUT2D eigenvalue weighted by Crippen LogP contribution is 2.21. The lowest BCUT2D eigenvalue weighted by Gasteiger charge is -2.17. The predicted molar refractivity (Wildman–Crippen MR) is 109 cm³/mol. The summed E-state index contributed by atoms with van der Waals surface area (Å²) in [5.41, 5.74) is 0.450. The van der Waals surface area contributed by atoms with Crippen LogP contribution in [-0.4, -0.2) is 46.4 Å². The Kier molecular flexibility index (Phi) is 7.14. The van der Waals surface area contributed by atoms with Crippen molar-refractivity contribution in [2.45, 2.75) is 20.3 Å². The summed E-state index contributed by atoms with van der Waals surface area (Å²) >= 11 is 1.26. The van der Waals surface area contributed by atoms with Gasteiger partial charge in [0.2, 0.25) is 0 Å². The van der Waals surface area contributed by atoms with E-state index in [4.69, 9.17) is 0 Å². The van der Waals surface area contributed by atoms with Crippen molar-refractivity contribution in [3.05, 3.63) is 45.7 Å². The van der Waals surface area contributed by atoms with E-state index in [1.165, 1.54) is 15.7 Å². The smallest absolute Gasteiger partial charge is 0.266 e. The predicted octanol–water partition coefficient (Wildman–Crippen LogP) is 2.79. The molecule has 1 amide bonds. The zero-order valence-electron chi connectivity index (χ0n) is 14.9. The number of carbonyl (C=O) groups excluding carboxylic acids is 1. The Morgan fingerprint density at radius 1 is 1.31 bits per heavy atom. The second-order valence-corrected chi connectivity index (χ2v) is 6.84. The molecule has 0 bridgehead atoms. The largest absolute Gasteiger partial charge is 0.351 e. The van der Waals surface area contributed by atoms with Gasteiger partial charge in [-0.2, -0.15) is 0 Å². The maximum Gasteiger partial charge on any atom is 0.266 e. The van der Waals surface area contributed by atoms with Gasteiger partial charge < -0.3 is 10.2 Å². The molecule has 0 saturated carbocycles. The van der Waals surface area contributed by atoms with Gasteiger partial charge in [-0.3, -0.25) is 14.0 Å². The normalized spacial score (nSPS) is 11.0. The minimum atomic E-state index is -0.143. The summed E-state index contributed by atoms with van der Waals surface area (Å²) < 4.78 is 1.50. The molecule has 0 unspecified atom stereocenters. The molecule has 3 aromatic rings. The van der Waals surface area contributed by atoms with E-state index in [0.29, 0.717) is 27.3 Å². The Morgan fingerprint density at radius 2 is 2.08 bits per heavy atom. The molecule has 6 nitrogen and oxygen atoms in total. The summed E-state index contributed by atoms with van der Waals surface area (Å²) in [6.45, 7) is 7.89. The molecule has 0 aliphatic heterocycles. The van der Waals surface area contributed by atoms with Crippen LogP contribution in [0.2, 0.25) is 0 Å². The van der Waals surface area contributed by atoms with E-state index >= 15 is 0 Å². The first-order chi connectivity index (χ1) is 12.1. The zero-order chi connectivity index (χ0) is 17.8. The monoisotopic (exact) mass is 394 g/mol. The van der Waals surface area contributed by atoms with Crippen molar-refractivity contribution in [3.8, 4) is 0 Å². The number of hydrogen-bond acceptors (Lipinski definition) is 5. The molecule has 0 atom stereocenters. The van der Waals surface area contributed by atoms with Crippen LogP contribution in [0.4, 0.5) is 0 Å². The topological polar surface area (TPSA) is 66.7 Å². The van der Waals surface area contributed by atoms with Gasteiger partial charge in [0.25, 0.3) is 11.5 Å². The third-order valence-electron chi connectivity index (χ3n) is 4.27. The van der Waals surface area contributed by atoms with Crippen LogP contribution in [0.15, 0.2) is 35.3 Å². The number of halogens is 1. The molecule has 3 aromatic heterocycles. The maximum absolute atomic E-state index is 12.5. The van der Waals surface area contributed by atoms with Crippen molar-refractivity contribution in [1.82, 2.24) is 19.6 Å². The van der Waals surface area contributed by atoms with Gasteiger partial charge in [-0.15, -0.1) is 23.7 Å². The van der Waals surface area contributed by atoms with E-state index in [-0.39, 0.29) is 23.9 Å². The van der Waals surface area contributed by atoms with Gasteiger partial charge in [-0.05, 0) is 44.3 Å². The number of rotatable bonds is 7. The van der Waals surface area contributed by atoms with Gasteiger partial charge in [0, 0.05) is 12.7 Å². The molecule has 1 N–H and O–H groups in total. The van der Waals surface area contributed by atoms with E-state index in [1.807, 2.05) is 6.07 Å². The van der Waals surface area contributed by atoms with Crippen LogP contribution in [0.5, 0.6) is 0 Å². The van der Waals surface area contributed by atoms with Crippen molar-refractivity contribution in [2.75, 3.05) is 26.2 Å². The van der Waals surface area contributed by atoms with Gasteiger partial charge in [0.05, 0.1) is 10.3 Å². The first-order valence-electron chi connectivity index (χ1n) is 8.55. The quantitative estimate of drug-likeness (QED) is 0.626. The van der Waals surface area contributed by atoms with Crippen LogP contribution in [0.3, 0.4) is 0 Å². The number of hydrogen-bond donors (Lipinski definition) is 1. The number of aromatic nitrogens is 2. The third-order valence-corrected chi connectivity index (χ3v) is 5.30. The van der Waals surface area contributed by atoms with E-state index in [1.54, 1.807) is 24.4 Å². The van der Waals surface area contributed by atoms with Crippen molar-refractivity contribution in [2.24, 2.45) is 0 Å². The van der Waals surface area contributed by atoms with Crippen LogP contribution in [0, 0.1) is 0 Å². The number of carbonyl (C=O) groups is 1. The summed E-state index contributed by atoms with van der Waals surface area (Å²) in [5.74, 6) is -0.143. The molecule has 0 aromatic carbocycles. The second kappa shape index (κ2) is 9.12. The second-order valence-electron chi connectivity index (χ2n) is 5.81. The average Bonchev–Trinajstić information content (AvgIpc) is 3.06. The fraction of sp³-hybridized carbons (Fsp3) is 0.389. The van der Waals surface area contributed by atoms with Crippen molar-refractivity contribution in [3.63, 3.8) is 0 Å². The van der Waals surface area contributed by atoms with Crippen molar-refractivity contribution >= 4 is 45.5 Å². The molecule has 140 valence electrons. The first-order valence-corrected chi connectivity index (χ1v) is 9.37. The highest BCUT2D eigenvalue weighted by molar-refractivity contribution is 7.20.